The summed E-state index contributed by atoms with van der Waals surface area (Å²) in [5.41, 5.74) is 3.99. The molecule has 33 heavy (non-hydrogen) atoms. The summed E-state index contributed by atoms with van der Waals surface area (Å²) in [4.78, 5) is 52.1. The van der Waals surface area contributed by atoms with Crippen LogP contribution in [0, 0.1) is 0 Å². The van der Waals surface area contributed by atoms with Crippen LogP contribution in [0.25, 0.3) is 0 Å². The summed E-state index contributed by atoms with van der Waals surface area (Å²) < 4.78 is 21.4. The molecule has 1 atom stereocenters. The predicted octanol–water partition coefficient (Wildman–Crippen LogP) is 2.17. The van der Waals surface area contributed by atoms with Gasteiger partial charge in [-0.2, -0.15) is 0 Å². The number of hydrogen-bond acceptors (Lipinski definition) is 10. The predicted molar refractivity (Wildman–Crippen MR) is 118 cm³/mol. The third-order valence-corrected chi connectivity index (χ3v) is 5.54. The molecule has 176 valence electrons. The fourth-order valence-electron chi connectivity index (χ4n) is 3.91. The fourth-order valence-corrected chi connectivity index (χ4v) is 4.27. The molecule has 2 heterocycles. The van der Waals surface area contributed by atoms with Crippen molar-refractivity contribution in [2.75, 3.05) is 25.1 Å². The summed E-state index contributed by atoms with van der Waals surface area (Å²) in [6.07, 6.45) is -0.526. The Bertz CT molecular complexity index is 1090. The first kappa shape index (κ1) is 24.3. The zero-order valence-electron chi connectivity index (χ0n) is 18.3. The second-order valence-corrected chi connectivity index (χ2v) is 7.88. The van der Waals surface area contributed by atoms with Crippen molar-refractivity contribution >= 4 is 45.5 Å². The lowest BCUT2D eigenvalue weighted by molar-refractivity contribution is -0.148. The van der Waals surface area contributed by atoms with Gasteiger partial charge in [0.15, 0.2) is 5.41 Å². The van der Waals surface area contributed by atoms with Gasteiger partial charge in [0, 0.05) is 15.7 Å². The van der Waals surface area contributed by atoms with Gasteiger partial charge in [0.1, 0.15) is 29.1 Å². The molecule has 0 fully saturated rings. The van der Waals surface area contributed by atoms with Crippen LogP contribution in [0.3, 0.4) is 0 Å². The first-order valence-corrected chi connectivity index (χ1v) is 11.0. The molecule has 3 N–H and O–H groups in total. The molecule has 0 saturated carbocycles. The summed E-state index contributed by atoms with van der Waals surface area (Å²) in [5.74, 6) is -4.05. The minimum atomic E-state index is -2.12. The molecule has 0 radical (unpaired) electrons. The van der Waals surface area contributed by atoms with Gasteiger partial charge >= 0.3 is 23.9 Å². The van der Waals surface area contributed by atoms with Crippen molar-refractivity contribution < 1.29 is 38.1 Å². The smallest absolute Gasteiger partial charge is 0.339 e. The monoisotopic (exact) mass is 522 g/mol. The van der Waals surface area contributed by atoms with E-state index in [2.05, 4.69) is 21.2 Å². The second kappa shape index (κ2) is 9.65. The molecule has 11 heteroatoms. The second-order valence-electron chi connectivity index (χ2n) is 6.96. The lowest BCUT2D eigenvalue weighted by Crippen LogP contribution is -2.48. The molecule has 1 aromatic rings. The van der Waals surface area contributed by atoms with E-state index in [1.807, 2.05) is 0 Å². The molecule has 1 aromatic carbocycles. The van der Waals surface area contributed by atoms with E-state index in [0.717, 1.165) is 0 Å². The van der Waals surface area contributed by atoms with E-state index in [1.165, 1.54) is 0 Å². The molecule has 1 spiro atoms. The first-order valence-electron chi connectivity index (χ1n) is 10.2. The van der Waals surface area contributed by atoms with Crippen molar-refractivity contribution in [3.8, 4) is 0 Å². The Morgan fingerprint density at radius 2 is 1.64 bits per heavy atom. The molecule has 2 aliphatic rings. The van der Waals surface area contributed by atoms with Crippen molar-refractivity contribution in [2.24, 2.45) is 5.73 Å². The number of rotatable bonds is 7. The van der Waals surface area contributed by atoms with Crippen LogP contribution in [0.2, 0.25) is 0 Å². The van der Waals surface area contributed by atoms with Gasteiger partial charge in [-0.05, 0) is 39.0 Å². The third kappa shape index (κ3) is 4.08. The molecule has 0 aromatic heterocycles. The van der Waals surface area contributed by atoms with Gasteiger partial charge in [-0.3, -0.25) is 4.79 Å². The zero-order valence-corrected chi connectivity index (χ0v) is 19.9. The minimum Gasteiger partial charge on any atom is -0.466 e. The normalized spacial score (nSPS) is 19.1. The highest BCUT2D eigenvalue weighted by Gasteiger charge is 2.63. The summed E-state index contributed by atoms with van der Waals surface area (Å²) in [7, 11) is 0. The first-order chi connectivity index (χ1) is 15.7. The molecule has 0 bridgehead atoms. The molecule has 0 unspecified atom stereocenters. The Morgan fingerprint density at radius 3 is 2.24 bits per heavy atom. The summed E-state index contributed by atoms with van der Waals surface area (Å²) in [6.45, 7) is 4.82. The molecule has 3 rings (SSSR count). The number of halogens is 1. The average molecular weight is 523 g/mol. The fraction of sp³-hybridized carbons (Fsp3) is 0.364. The van der Waals surface area contributed by atoms with Gasteiger partial charge < -0.3 is 30.0 Å². The number of carbonyl (C=O) groups is 4. The Balaban J connectivity index is 2.40. The van der Waals surface area contributed by atoms with Gasteiger partial charge in [-0.1, -0.05) is 15.9 Å². The zero-order chi connectivity index (χ0) is 24.3. The van der Waals surface area contributed by atoms with Crippen LogP contribution < -0.4 is 11.1 Å². The maximum atomic E-state index is 13.6. The standard InChI is InChI=1S/C22H23BrN2O8/c1-4-30-15(26)10-14-16(19(27)31-5-2)22(21(29)33-14)12-9-11(23)7-8-13(12)25-18(24)17(22)20(28)32-6-3/h7-9,25H,4-6,10,24H2,1-3H3/t22-/m1/s1. The molecular weight excluding hydrogens is 500 g/mol. The summed E-state index contributed by atoms with van der Waals surface area (Å²) >= 11 is 3.36. The third-order valence-electron chi connectivity index (χ3n) is 5.04. The van der Waals surface area contributed by atoms with Gasteiger partial charge in [0.25, 0.3) is 0 Å². The van der Waals surface area contributed by atoms with Crippen LogP contribution in [0.4, 0.5) is 5.69 Å². The lowest BCUT2D eigenvalue weighted by Gasteiger charge is -2.36. The number of fused-ring (bicyclic) bond motifs is 2. The van der Waals surface area contributed by atoms with E-state index < -0.39 is 35.7 Å². The highest BCUT2D eigenvalue weighted by molar-refractivity contribution is 9.10. The molecule has 10 nitrogen and oxygen atoms in total. The van der Waals surface area contributed by atoms with Gasteiger partial charge in [0.2, 0.25) is 0 Å². The highest BCUT2D eigenvalue weighted by Crippen LogP contribution is 2.53. The van der Waals surface area contributed by atoms with Crippen LogP contribution >= 0.6 is 15.9 Å². The summed E-state index contributed by atoms with van der Waals surface area (Å²) in [6, 6.07) is 4.87. The SMILES string of the molecule is CCOC(=O)CC1=C(C(=O)OCC)[C@@]2(C(=O)O1)C(C(=O)OCC)=C(N)Nc1ccc(Br)cc12. The van der Waals surface area contributed by atoms with Crippen molar-refractivity contribution in [3.05, 3.63) is 51.0 Å². The number of carbonyl (C=O) groups excluding carboxylic acids is 4. The van der Waals surface area contributed by atoms with E-state index in [9.17, 15) is 19.2 Å². The van der Waals surface area contributed by atoms with Crippen molar-refractivity contribution in [2.45, 2.75) is 32.6 Å². The van der Waals surface area contributed by atoms with Crippen molar-refractivity contribution in [3.63, 3.8) is 0 Å². The van der Waals surface area contributed by atoms with Crippen LogP contribution in [0.1, 0.15) is 32.8 Å². The van der Waals surface area contributed by atoms with Crippen LogP contribution in [-0.2, 0) is 43.5 Å². The molecule has 0 amide bonds. The Kier molecular flexibility index (Phi) is 7.11. The van der Waals surface area contributed by atoms with Crippen LogP contribution in [0.15, 0.2) is 45.4 Å². The van der Waals surface area contributed by atoms with Gasteiger partial charge in [-0.25, -0.2) is 14.4 Å². The van der Waals surface area contributed by atoms with E-state index in [4.69, 9.17) is 24.7 Å². The maximum absolute atomic E-state index is 13.6. The number of nitrogens with two attached hydrogens (primary N) is 1. The number of nitrogens with one attached hydrogen (secondary N) is 1. The Morgan fingerprint density at radius 1 is 1.03 bits per heavy atom. The van der Waals surface area contributed by atoms with Crippen LogP contribution in [-0.4, -0.2) is 43.7 Å². The van der Waals surface area contributed by atoms with Gasteiger partial charge in [0.05, 0.1) is 19.8 Å². The van der Waals surface area contributed by atoms with Crippen molar-refractivity contribution in [1.82, 2.24) is 0 Å². The number of esters is 4. The largest absolute Gasteiger partial charge is 0.466 e. The van der Waals surface area contributed by atoms with Crippen LogP contribution in [0.5, 0.6) is 0 Å². The molecule has 2 aliphatic heterocycles. The van der Waals surface area contributed by atoms with Gasteiger partial charge in [-0.15, -0.1) is 0 Å². The number of benzene rings is 1. The molecule has 0 saturated heterocycles. The van der Waals surface area contributed by atoms with Crippen molar-refractivity contribution in [1.29, 1.82) is 0 Å². The quantitative estimate of drug-likeness (QED) is 0.403. The maximum Gasteiger partial charge on any atom is 0.339 e. The Labute approximate surface area is 198 Å². The summed E-state index contributed by atoms with van der Waals surface area (Å²) in [5, 5.41) is 2.88. The number of anilines is 1. The molecular formula is C22H23BrN2O8. The lowest BCUT2D eigenvalue weighted by atomic mass is 9.66. The minimum absolute atomic E-state index is 0.0137. The number of hydrogen-bond donors (Lipinski definition) is 2. The highest BCUT2D eigenvalue weighted by atomic mass is 79.9. The van der Waals surface area contributed by atoms with E-state index in [-0.39, 0.29) is 48.1 Å². The van der Waals surface area contributed by atoms with E-state index in [1.54, 1.807) is 39.0 Å². The number of ether oxygens (including phenoxy) is 4. The van der Waals surface area contributed by atoms with E-state index in [0.29, 0.717) is 10.2 Å². The average Bonchev–Trinajstić information content (AvgIpc) is 3.01. The Hall–Kier alpha value is -3.34. The number of cyclic esters (lactones) is 1. The topological polar surface area (TPSA) is 143 Å². The van der Waals surface area contributed by atoms with E-state index >= 15 is 0 Å². The molecule has 0 aliphatic carbocycles.